The summed E-state index contributed by atoms with van der Waals surface area (Å²) in [6, 6.07) is 6.94. The van der Waals surface area contributed by atoms with Crippen LogP contribution in [-0.4, -0.2) is 23.6 Å². The molecule has 0 saturated carbocycles. The van der Waals surface area contributed by atoms with Gasteiger partial charge in [-0.2, -0.15) is 0 Å². The highest BCUT2D eigenvalue weighted by molar-refractivity contribution is 6.30. The van der Waals surface area contributed by atoms with Crippen molar-refractivity contribution in [2.24, 2.45) is 0 Å². The zero-order chi connectivity index (χ0) is 17.7. The molecule has 0 aliphatic carbocycles. The Balaban J connectivity index is 1.91. The quantitative estimate of drug-likeness (QED) is 0.809. The first-order chi connectivity index (χ1) is 11.4. The van der Waals surface area contributed by atoms with Crippen LogP contribution in [0.5, 0.6) is 0 Å². The number of hydrogen-bond donors (Lipinski definition) is 1. The van der Waals surface area contributed by atoms with E-state index in [1.54, 1.807) is 25.1 Å². The van der Waals surface area contributed by atoms with E-state index < -0.39 is 11.9 Å². The lowest BCUT2D eigenvalue weighted by molar-refractivity contribution is -0.124. The fourth-order valence-electron chi connectivity index (χ4n) is 2.27. The molecule has 1 aromatic carbocycles. The molecule has 6 nitrogen and oxygen atoms in total. The van der Waals surface area contributed by atoms with Crippen molar-refractivity contribution >= 4 is 23.5 Å². The van der Waals surface area contributed by atoms with Gasteiger partial charge in [0.25, 0.3) is 5.91 Å². The summed E-state index contributed by atoms with van der Waals surface area (Å²) in [5.74, 6) is -0.635. The number of nitrogens with one attached hydrogen (secondary N) is 1. The fraction of sp³-hybridized carbons (Fsp3) is 0.353. The zero-order valence-electron chi connectivity index (χ0n) is 13.8. The first-order valence-electron chi connectivity index (χ1n) is 7.59. The highest BCUT2D eigenvalue weighted by atomic mass is 35.5. The predicted octanol–water partition coefficient (Wildman–Crippen LogP) is 3.23. The monoisotopic (exact) mass is 350 g/mol. The molecule has 1 heterocycles. The second kappa shape index (κ2) is 7.97. The lowest BCUT2D eigenvalue weighted by Crippen LogP contribution is -2.31. The van der Waals surface area contributed by atoms with Crippen LogP contribution < -0.4 is 5.32 Å². The van der Waals surface area contributed by atoms with Gasteiger partial charge in [0.2, 0.25) is 0 Å². The molecule has 2 rings (SSSR count). The molecule has 0 fully saturated rings. The van der Waals surface area contributed by atoms with Crippen LogP contribution in [-0.2, 0) is 16.0 Å². The first-order valence-corrected chi connectivity index (χ1v) is 7.97. The van der Waals surface area contributed by atoms with E-state index in [9.17, 15) is 9.59 Å². The summed E-state index contributed by atoms with van der Waals surface area (Å²) in [7, 11) is 0. The number of amides is 1. The average Bonchev–Trinajstić information content (AvgIpc) is 2.93. The molecule has 7 heteroatoms. The van der Waals surface area contributed by atoms with Crippen LogP contribution in [0, 0.1) is 6.92 Å². The summed E-state index contributed by atoms with van der Waals surface area (Å²) in [6.07, 6.45) is 0.541. The van der Waals surface area contributed by atoms with Gasteiger partial charge in [-0.05, 0) is 38.0 Å². The minimum Gasteiger partial charge on any atom is -0.452 e. The smallest absolute Gasteiger partial charge is 0.344 e. The van der Waals surface area contributed by atoms with Gasteiger partial charge in [0.05, 0.1) is 11.7 Å². The van der Waals surface area contributed by atoms with Gasteiger partial charge >= 0.3 is 5.97 Å². The Labute approximate surface area is 145 Å². The van der Waals surface area contributed by atoms with E-state index in [1.807, 2.05) is 19.9 Å². The van der Waals surface area contributed by atoms with Crippen molar-refractivity contribution in [3.8, 4) is 0 Å². The van der Waals surface area contributed by atoms with E-state index in [1.165, 1.54) is 0 Å². The van der Waals surface area contributed by atoms with Crippen molar-refractivity contribution in [1.29, 1.82) is 0 Å². The molecule has 1 atom stereocenters. The normalized spacial score (nSPS) is 11.8. The highest BCUT2D eigenvalue weighted by Crippen LogP contribution is 2.18. The summed E-state index contributed by atoms with van der Waals surface area (Å²) in [5, 5.41) is 7.14. The third kappa shape index (κ3) is 4.35. The molecule has 0 radical (unpaired) electrons. The molecule has 0 bridgehead atoms. The second-order valence-electron chi connectivity index (χ2n) is 5.33. The van der Waals surface area contributed by atoms with Gasteiger partial charge < -0.3 is 14.6 Å². The van der Waals surface area contributed by atoms with Crippen LogP contribution in [0.2, 0.25) is 5.02 Å². The van der Waals surface area contributed by atoms with Crippen LogP contribution in [0.1, 0.15) is 47.3 Å². The van der Waals surface area contributed by atoms with Gasteiger partial charge in [-0.15, -0.1) is 0 Å². The molecule has 1 amide bonds. The number of carbonyl (C=O) groups is 2. The van der Waals surface area contributed by atoms with E-state index in [-0.39, 0.29) is 18.2 Å². The predicted molar refractivity (Wildman–Crippen MR) is 88.9 cm³/mol. The Morgan fingerprint density at radius 3 is 2.83 bits per heavy atom. The average molecular weight is 351 g/mol. The largest absolute Gasteiger partial charge is 0.452 e. The number of hydrogen-bond acceptors (Lipinski definition) is 5. The van der Waals surface area contributed by atoms with Gasteiger partial charge in [0.1, 0.15) is 11.3 Å². The van der Waals surface area contributed by atoms with Crippen molar-refractivity contribution in [3.05, 3.63) is 51.9 Å². The van der Waals surface area contributed by atoms with Crippen molar-refractivity contribution in [3.63, 3.8) is 0 Å². The van der Waals surface area contributed by atoms with Gasteiger partial charge in [0, 0.05) is 5.02 Å². The Bertz CT molecular complexity index is 742. The minimum absolute atomic E-state index is 0.251. The summed E-state index contributed by atoms with van der Waals surface area (Å²) in [5.41, 5.74) is 1.67. The Kier molecular flexibility index (Phi) is 5.98. The molecule has 0 spiro atoms. The number of rotatable bonds is 6. The van der Waals surface area contributed by atoms with Crippen LogP contribution in [0.25, 0.3) is 0 Å². The van der Waals surface area contributed by atoms with Crippen molar-refractivity contribution < 1.29 is 18.8 Å². The van der Waals surface area contributed by atoms with Gasteiger partial charge in [-0.25, -0.2) is 4.79 Å². The number of benzene rings is 1. The van der Waals surface area contributed by atoms with E-state index in [0.717, 1.165) is 5.56 Å². The second-order valence-corrected chi connectivity index (χ2v) is 5.77. The minimum atomic E-state index is -0.615. The van der Waals surface area contributed by atoms with Crippen molar-refractivity contribution in [1.82, 2.24) is 10.5 Å². The summed E-state index contributed by atoms with van der Waals surface area (Å²) in [6.45, 7) is 4.93. The summed E-state index contributed by atoms with van der Waals surface area (Å²) in [4.78, 5) is 24.1. The first kappa shape index (κ1) is 18.0. The molecule has 0 aliphatic heterocycles. The Morgan fingerprint density at radius 2 is 2.17 bits per heavy atom. The third-order valence-corrected chi connectivity index (χ3v) is 3.77. The van der Waals surface area contributed by atoms with E-state index in [0.29, 0.717) is 22.9 Å². The molecule has 1 N–H and O–H groups in total. The van der Waals surface area contributed by atoms with Gasteiger partial charge in [-0.3, -0.25) is 4.79 Å². The maximum absolute atomic E-state index is 12.1. The van der Waals surface area contributed by atoms with Crippen LogP contribution in [0.3, 0.4) is 0 Å². The molecule has 24 heavy (non-hydrogen) atoms. The molecule has 1 aromatic heterocycles. The number of halogens is 1. The van der Waals surface area contributed by atoms with Crippen molar-refractivity contribution in [2.45, 2.75) is 33.2 Å². The van der Waals surface area contributed by atoms with Gasteiger partial charge in [0.15, 0.2) is 6.61 Å². The fourth-order valence-corrected chi connectivity index (χ4v) is 2.47. The van der Waals surface area contributed by atoms with Crippen molar-refractivity contribution in [2.75, 3.05) is 6.61 Å². The summed E-state index contributed by atoms with van der Waals surface area (Å²) < 4.78 is 10.0. The highest BCUT2D eigenvalue weighted by Gasteiger charge is 2.21. The number of carbonyl (C=O) groups excluding carboxylic acids is 2. The molecule has 1 unspecified atom stereocenters. The topological polar surface area (TPSA) is 81.4 Å². The van der Waals surface area contributed by atoms with Crippen LogP contribution >= 0.6 is 11.6 Å². The molecular weight excluding hydrogens is 332 g/mol. The molecule has 128 valence electrons. The SMILES string of the molecule is CCc1noc(C)c1C(=O)OCC(=O)NC(C)c1cccc(Cl)c1. The maximum atomic E-state index is 12.1. The third-order valence-electron chi connectivity index (χ3n) is 3.53. The Hall–Kier alpha value is -2.34. The molecule has 0 aliphatic rings. The lowest BCUT2D eigenvalue weighted by Gasteiger charge is -2.14. The lowest BCUT2D eigenvalue weighted by atomic mass is 10.1. The Morgan fingerprint density at radius 1 is 1.42 bits per heavy atom. The molecule has 0 saturated heterocycles. The van der Waals surface area contributed by atoms with E-state index >= 15 is 0 Å². The molecular formula is C17H19ClN2O4. The summed E-state index contributed by atoms with van der Waals surface area (Å²) >= 11 is 5.93. The number of ether oxygens (including phenoxy) is 1. The maximum Gasteiger partial charge on any atom is 0.344 e. The van der Waals surface area contributed by atoms with E-state index in [2.05, 4.69) is 10.5 Å². The van der Waals surface area contributed by atoms with E-state index in [4.69, 9.17) is 20.9 Å². The number of aryl methyl sites for hydroxylation is 2. The number of esters is 1. The standard InChI is InChI=1S/C17H19ClN2O4/c1-4-14-16(11(3)24-20-14)17(22)23-9-15(21)19-10(2)12-6-5-7-13(18)8-12/h5-8,10H,4,9H2,1-3H3,(H,19,21). The van der Waals surface area contributed by atoms with Gasteiger partial charge in [-0.1, -0.05) is 35.8 Å². The van der Waals surface area contributed by atoms with Crippen LogP contribution in [0.15, 0.2) is 28.8 Å². The van der Waals surface area contributed by atoms with Crippen LogP contribution in [0.4, 0.5) is 0 Å². The zero-order valence-corrected chi connectivity index (χ0v) is 14.5. The molecule has 2 aromatic rings. The number of aromatic nitrogens is 1. The number of nitrogens with zero attached hydrogens (tertiary/aromatic N) is 1.